The summed E-state index contributed by atoms with van der Waals surface area (Å²) in [6.07, 6.45) is 8.30. The van der Waals surface area contributed by atoms with Crippen molar-refractivity contribution in [1.82, 2.24) is 29.2 Å². The molecule has 10 heteroatoms. The Morgan fingerprint density at radius 2 is 1.98 bits per heavy atom. The molecule has 3 aromatic heterocycles. The van der Waals surface area contributed by atoms with Crippen molar-refractivity contribution in [1.29, 1.82) is 0 Å². The number of benzene rings is 1. The van der Waals surface area contributed by atoms with Crippen LogP contribution in [0.5, 0.6) is 0 Å². The van der Waals surface area contributed by atoms with E-state index in [1.165, 1.54) is 12.8 Å². The highest BCUT2D eigenvalue weighted by Crippen LogP contribution is 2.37. The SMILES string of the molecule is C=C(OCCCC)c1cnc(N)c2c(C#Cc3ccc4c(c3)ncn4C3CC3)nn(C3CCN(C(=O)OC(C)(C)C)C3)c12. The van der Waals surface area contributed by atoms with Crippen molar-refractivity contribution in [3.8, 4) is 11.8 Å². The maximum Gasteiger partial charge on any atom is 0.410 e. The van der Waals surface area contributed by atoms with Crippen LogP contribution in [0.2, 0.25) is 0 Å². The molecule has 4 aromatic rings. The van der Waals surface area contributed by atoms with Crippen LogP contribution in [-0.4, -0.2) is 60.6 Å². The number of fused-ring (bicyclic) bond motifs is 2. The monoisotopic (exact) mass is 581 g/mol. The van der Waals surface area contributed by atoms with Gasteiger partial charge in [0.05, 0.1) is 46.5 Å². The van der Waals surface area contributed by atoms with E-state index in [1.807, 2.05) is 43.9 Å². The van der Waals surface area contributed by atoms with Crippen LogP contribution in [-0.2, 0) is 9.47 Å². The number of hydrogen-bond donors (Lipinski definition) is 1. The zero-order valence-corrected chi connectivity index (χ0v) is 25.4. The third-order valence-corrected chi connectivity index (χ3v) is 7.83. The molecule has 6 rings (SSSR count). The molecule has 1 amide bonds. The molecule has 1 aromatic carbocycles. The van der Waals surface area contributed by atoms with E-state index in [-0.39, 0.29) is 12.1 Å². The van der Waals surface area contributed by atoms with Crippen molar-refractivity contribution in [2.75, 3.05) is 25.4 Å². The maximum atomic E-state index is 12.9. The van der Waals surface area contributed by atoms with E-state index < -0.39 is 5.60 Å². The van der Waals surface area contributed by atoms with Crippen molar-refractivity contribution in [3.63, 3.8) is 0 Å². The van der Waals surface area contributed by atoms with Gasteiger partial charge in [-0.3, -0.25) is 4.68 Å². The minimum Gasteiger partial charge on any atom is -0.493 e. The average molecular weight is 582 g/mol. The molecule has 1 aliphatic heterocycles. The van der Waals surface area contributed by atoms with Gasteiger partial charge in [-0.05, 0) is 70.6 Å². The summed E-state index contributed by atoms with van der Waals surface area (Å²) in [5.74, 6) is 7.38. The Morgan fingerprint density at radius 1 is 1.16 bits per heavy atom. The Morgan fingerprint density at radius 3 is 2.72 bits per heavy atom. The first-order valence-corrected chi connectivity index (χ1v) is 15.1. The summed E-state index contributed by atoms with van der Waals surface area (Å²) in [6, 6.07) is 6.55. The number of imidazole rings is 1. The lowest BCUT2D eigenvalue weighted by molar-refractivity contribution is 0.0288. The van der Waals surface area contributed by atoms with Crippen LogP contribution in [0.25, 0.3) is 27.7 Å². The topological polar surface area (TPSA) is 113 Å². The lowest BCUT2D eigenvalue weighted by atomic mass is 10.1. The fourth-order valence-corrected chi connectivity index (χ4v) is 5.49. The van der Waals surface area contributed by atoms with E-state index in [2.05, 4.69) is 45.9 Å². The van der Waals surface area contributed by atoms with Crippen LogP contribution in [0, 0.1) is 11.8 Å². The van der Waals surface area contributed by atoms with Gasteiger partial charge in [-0.15, -0.1) is 0 Å². The van der Waals surface area contributed by atoms with Crippen molar-refractivity contribution in [3.05, 3.63) is 54.1 Å². The molecule has 1 saturated heterocycles. The van der Waals surface area contributed by atoms with Gasteiger partial charge >= 0.3 is 6.09 Å². The second-order valence-electron chi connectivity index (χ2n) is 12.4. The summed E-state index contributed by atoms with van der Waals surface area (Å²) in [5, 5.41) is 5.63. The number of aromatic nitrogens is 5. The predicted molar refractivity (Wildman–Crippen MR) is 167 cm³/mol. The predicted octanol–water partition coefficient (Wildman–Crippen LogP) is 6.07. The summed E-state index contributed by atoms with van der Waals surface area (Å²) in [5.41, 5.74) is 10.8. The fourth-order valence-electron chi connectivity index (χ4n) is 5.49. The summed E-state index contributed by atoms with van der Waals surface area (Å²) in [7, 11) is 0. The zero-order chi connectivity index (χ0) is 30.3. The van der Waals surface area contributed by atoms with Crippen LogP contribution in [0.15, 0.2) is 37.3 Å². The van der Waals surface area contributed by atoms with E-state index in [0.29, 0.717) is 60.4 Å². The van der Waals surface area contributed by atoms with Crippen LogP contribution < -0.4 is 5.73 Å². The van der Waals surface area contributed by atoms with Crippen LogP contribution in [0.3, 0.4) is 0 Å². The molecule has 2 aliphatic rings. The number of anilines is 1. The molecule has 0 radical (unpaired) electrons. The largest absolute Gasteiger partial charge is 0.493 e. The lowest BCUT2D eigenvalue weighted by Gasteiger charge is -2.24. The Bertz CT molecular complexity index is 1760. The van der Waals surface area contributed by atoms with Crippen LogP contribution in [0.4, 0.5) is 10.6 Å². The normalized spacial score (nSPS) is 16.8. The molecule has 1 unspecified atom stereocenters. The van der Waals surface area contributed by atoms with Gasteiger partial charge in [0.2, 0.25) is 0 Å². The third kappa shape index (κ3) is 5.89. The number of hydrogen-bond acceptors (Lipinski definition) is 7. The van der Waals surface area contributed by atoms with Crippen molar-refractivity contribution < 1.29 is 14.3 Å². The number of rotatable bonds is 7. The standard InChI is InChI=1S/C33H39N7O3/c1-6-7-16-42-21(2)25-18-35-31(34)29-26(12-8-22-9-13-28-27(17-22)36-20-39(28)23-10-11-23)37-40(30(25)29)24-14-15-38(19-24)32(41)43-33(3,4)5/h9,13,17-18,20,23-24H,2,6-7,10-11,14-16,19H2,1,3-5H3,(H2,34,35). The molecule has 10 nitrogen and oxygen atoms in total. The number of ether oxygens (including phenoxy) is 2. The molecular formula is C33H39N7O3. The highest BCUT2D eigenvalue weighted by molar-refractivity contribution is 5.99. The van der Waals surface area contributed by atoms with Crippen LogP contribution >= 0.6 is 0 Å². The summed E-state index contributed by atoms with van der Waals surface area (Å²) >= 11 is 0. The second kappa shape index (κ2) is 11.3. The average Bonchev–Trinajstić information content (AvgIpc) is 3.36. The van der Waals surface area contributed by atoms with Gasteiger partial charge < -0.3 is 24.7 Å². The fraction of sp³-hybridized carbons (Fsp3) is 0.455. The molecular weight excluding hydrogens is 542 g/mol. The molecule has 2 fully saturated rings. The van der Waals surface area contributed by atoms with Crippen molar-refractivity contribution in [2.45, 2.75) is 77.5 Å². The molecule has 1 aliphatic carbocycles. The van der Waals surface area contributed by atoms with Crippen molar-refractivity contribution >= 4 is 39.6 Å². The van der Waals surface area contributed by atoms with Gasteiger partial charge in [-0.25, -0.2) is 14.8 Å². The number of carbonyl (C=O) groups excluding carboxylic acids is 1. The first-order chi connectivity index (χ1) is 20.6. The summed E-state index contributed by atoms with van der Waals surface area (Å²) in [6.45, 7) is 13.5. The number of likely N-dealkylation sites (tertiary alicyclic amines) is 1. The van der Waals surface area contributed by atoms with E-state index in [9.17, 15) is 4.79 Å². The summed E-state index contributed by atoms with van der Waals surface area (Å²) in [4.78, 5) is 23.7. The third-order valence-electron chi connectivity index (χ3n) is 7.83. The van der Waals surface area contributed by atoms with E-state index in [4.69, 9.17) is 20.3 Å². The smallest absolute Gasteiger partial charge is 0.410 e. The van der Waals surface area contributed by atoms with Crippen molar-refractivity contribution in [2.24, 2.45) is 0 Å². The minimum absolute atomic E-state index is 0.114. The van der Waals surface area contributed by atoms with Gasteiger partial charge in [-0.1, -0.05) is 25.8 Å². The molecule has 4 heterocycles. The van der Waals surface area contributed by atoms with Gasteiger partial charge in [0.25, 0.3) is 0 Å². The molecule has 2 N–H and O–H groups in total. The number of nitrogens with zero attached hydrogens (tertiary/aromatic N) is 6. The molecule has 0 spiro atoms. The quantitative estimate of drug-likeness (QED) is 0.160. The van der Waals surface area contributed by atoms with Crippen LogP contribution in [0.1, 0.15) is 88.7 Å². The molecule has 1 atom stereocenters. The second-order valence-corrected chi connectivity index (χ2v) is 12.4. The highest BCUT2D eigenvalue weighted by atomic mass is 16.6. The molecule has 43 heavy (non-hydrogen) atoms. The van der Waals surface area contributed by atoms with E-state index in [1.54, 1.807) is 11.1 Å². The number of pyridine rings is 1. The number of unbranched alkanes of at least 4 members (excludes halogenated alkanes) is 1. The Kier molecular flexibility index (Phi) is 7.50. The Balaban J connectivity index is 1.38. The first-order valence-electron chi connectivity index (χ1n) is 15.1. The lowest BCUT2D eigenvalue weighted by Crippen LogP contribution is -2.35. The zero-order valence-electron chi connectivity index (χ0n) is 25.4. The molecule has 1 saturated carbocycles. The maximum absolute atomic E-state index is 12.9. The summed E-state index contributed by atoms with van der Waals surface area (Å²) < 4.78 is 15.8. The molecule has 224 valence electrons. The first kappa shape index (κ1) is 28.6. The highest BCUT2D eigenvalue weighted by Gasteiger charge is 2.33. The minimum atomic E-state index is -0.573. The number of amides is 1. The van der Waals surface area contributed by atoms with Gasteiger partial charge in [-0.2, -0.15) is 5.10 Å². The number of carbonyl (C=O) groups is 1. The molecule has 0 bridgehead atoms. The van der Waals surface area contributed by atoms with Gasteiger partial charge in [0.15, 0.2) is 0 Å². The number of nitrogen functional groups attached to an aromatic ring is 1. The van der Waals surface area contributed by atoms with Gasteiger partial charge in [0.1, 0.15) is 22.9 Å². The van der Waals surface area contributed by atoms with Gasteiger partial charge in [0, 0.05) is 30.9 Å². The Labute approximate surface area is 251 Å². The number of nitrogens with two attached hydrogens (primary N) is 1. The van der Waals surface area contributed by atoms with E-state index >= 15 is 0 Å². The van der Waals surface area contributed by atoms with E-state index in [0.717, 1.165) is 35.0 Å². The Hall–Kier alpha value is -4.52.